The minimum atomic E-state index is 0.249. The summed E-state index contributed by atoms with van der Waals surface area (Å²) in [6, 6.07) is 4.55. The molecule has 7 heteroatoms. The van der Waals surface area contributed by atoms with Crippen LogP contribution in [0.4, 0.5) is 17.6 Å². The lowest BCUT2D eigenvalue weighted by molar-refractivity contribution is 0.385. The van der Waals surface area contributed by atoms with Gasteiger partial charge < -0.3 is 15.5 Å². The topological polar surface area (TPSA) is 81.8 Å². The molecule has 1 aliphatic heterocycles. The number of piperidine rings is 1. The molecule has 2 saturated carbocycles. The largest absolute Gasteiger partial charge is 0.336 e. The number of fused-ring (bicyclic) bond motifs is 2. The second-order valence-corrected chi connectivity index (χ2v) is 7.40. The minimum absolute atomic E-state index is 0.249. The van der Waals surface area contributed by atoms with E-state index in [1.165, 1.54) is 37.8 Å². The Balaban J connectivity index is 1.34. The van der Waals surface area contributed by atoms with Crippen molar-refractivity contribution in [1.82, 2.24) is 25.5 Å². The summed E-state index contributed by atoms with van der Waals surface area (Å²) in [6.07, 6.45) is 8.02. The van der Waals surface area contributed by atoms with Gasteiger partial charge >= 0.3 is 0 Å². The lowest BCUT2D eigenvalue weighted by Gasteiger charge is -2.32. The molecule has 24 heavy (non-hydrogen) atoms. The molecule has 0 spiro atoms. The maximum absolute atomic E-state index is 4.73. The predicted octanol–water partition coefficient (Wildman–Crippen LogP) is 2.15. The predicted molar refractivity (Wildman–Crippen MR) is 92.7 cm³/mol. The van der Waals surface area contributed by atoms with Gasteiger partial charge in [0.15, 0.2) is 5.82 Å². The van der Waals surface area contributed by atoms with E-state index in [1.807, 2.05) is 12.3 Å². The summed E-state index contributed by atoms with van der Waals surface area (Å²) >= 11 is 0. The highest BCUT2D eigenvalue weighted by Crippen LogP contribution is 2.42. The van der Waals surface area contributed by atoms with E-state index < -0.39 is 0 Å². The average Bonchev–Trinajstić information content (AvgIpc) is 3.07. The molecule has 5 rings (SSSR count). The number of aromatic nitrogens is 4. The van der Waals surface area contributed by atoms with Crippen molar-refractivity contribution in [3.8, 4) is 0 Å². The second kappa shape index (κ2) is 5.17. The molecule has 0 radical (unpaired) electrons. The average molecular weight is 325 g/mol. The zero-order valence-electron chi connectivity index (χ0n) is 13.9. The maximum atomic E-state index is 4.73. The highest BCUT2D eigenvalue weighted by molar-refractivity contribution is 5.54. The van der Waals surface area contributed by atoms with Crippen LogP contribution < -0.4 is 15.5 Å². The monoisotopic (exact) mass is 325 g/mol. The van der Waals surface area contributed by atoms with Crippen LogP contribution in [-0.4, -0.2) is 45.3 Å². The van der Waals surface area contributed by atoms with Gasteiger partial charge in [0, 0.05) is 42.0 Å². The summed E-state index contributed by atoms with van der Waals surface area (Å²) in [5, 5.41) is 14.3. The lowest BCUT2D eigenvalue weighted by Crippen LogP contribution is -2.47. The smallest absolute Gasteiger partial charge is 0.227 e. The first-order chi connectivity index (χ1) is 11.7. The molecule has 3 heterocycles. The lowest BCUT2D eigenvalue weighted by atomic mass is 9.99. The van der Waals surface area contributed by atoms with Crippen LogP contribution in [0.5, 0.6) is 0 Å². The zero-order valence-corrected chi connectivity index (χ0v) is 13.9. The fourth-order valence-corrected chi connectivity index (χ4v) is 4.19. The quantitative estimate of drug-likeness (QED) is 0.781. The molecule has 3 fully saturated rings. The van der Waals surface area contributed by atoms with Crippen molar-refractivity contribution >= 4 is 17.6 Å². The van der Waals surface area contributed by atoms with Gasteiger partial charge in [0.25, 0.3) is 0 Å². The highest BCUT2D eigenvalue weighted by atomic mass is 15.3. The number of nitrogens with one attached hydrogen (secondary N) is 3. The van der Waals surface area contributed by atoms with E-state index in [2.05, 4.69) is 43.8 Å². The molecule has 2 bridgehead atoms. The molecule has 2 atom stereocenters. The third-order valence-corrected chi connectivity index (χ3v) is 5.80. The molecule has 2 unspecified atom stereocenters. The minimum Gasteiger partial charge on any atom is -0.336 e. The molecule has 3 aliphatic rings. The van der Waals surface area contributed by atoms with Crippen molar-refractivity contribution in [2.75, 3.05) is 23.8 Å². The third-order valence-electron chi connectivity index (χ3n) is 5.80. The van der Waals surface area contributed by atoms with E-state index in [4.69, 9.17) is 4.98 Å². The number of hydrogen-bond donors (Lipinski definition) is 3. The Morgan fingerprint density at radius 3 is 3.00 bits per heavy atom. The Hall–Kier alpha value is -2.15. The van der Waals surface area contributed by atoms with Gasteiger partial charge in [-0.25, -0.2) is 4.98 Å². The number of hydrogen-bond acceptors (Lipinski definition) is 6. The Morgan fingerprint density at radius 2 is 2.21 bits per heavy atom. The van der Waals surface area contributed by atoms with Gasteiger partial charge in [-0.3, -0.25) is 5.10 Å². The number of likely N-dealkylation sites (N-methyl/N-ethyl adjacent to an activating group) is 1. The molecule has 1 saturated heterocycles. The molecule has 2 aromatic rings. The fraction of sp³-hybridized carbons (Fsp3) is 0.588. The van der Waals surface area contributed by atoms with Crippen LogP contribution in [0.15, 0.2) is 18.3 Å². The van der Waals surface area contributed by atoms with E-state index >= 15 is 0 Å². The molecular weight excluding hydrogens is 302 g/mol. The van der Waals surface area contributed by atoms with Crippen LogP contribution >= 0.6 is 0 Å². The summed E-state index contributed by atoms with van der Waals surface area (Å²) in [6.45, 7) is 0.992. The Bertz CT molecular complexity index is 753. The number of rotatable bonds is 5. The van der Waals surface area contributed by atoms with Crippen LogP contribution in [0, 0.1) is 0 Å². The summed E-state index contributed by atoms with van der Waals surface area (Å²) in [4.78, 5) is 11.6. The number of H-pyrrole nitrogens is 1. The molecule has 7 nitrogen and oxygen atoms in total. The standard InChI is InChI=1S/C17H23N7/c1-18-17-6-4-12(9-17)24(10-17)16-19-7-5-14(21-16)20-15-8-13(22-23-15)11-2-3-11/h5,7-8,11-12,18H,2-4,6,9-10H2,1H3,(H2,19,20,21,22,23). The number of nitrogens with zero attached hydrogens (tertiary/aromatic N) is 4. The van der Waals surface area contributed by atoms with Gasteiger partial charge in [0.2, 0.25) is 5.95 Å². The maximum Gasteiger partial charge on any atom is 0.227 e. The van der Waals surface area contributed by atoms with E-state index in [0.29, 0.717) is 12.0 Å². The van der Waals surface area contributed by atoms with E-state index in [0.717, 1.165) is 24.1 Å². The molecule has 3 N–H and O–H groups in total. The van der Waals surface area contributed by atoms with Crippen molar-refractivity contribution in [1.29, 1.82) is 0 Å². The molecule has 2 aromatic heterocycles. The summed E-state index contributed by atoms with van der Waals surface area (Å²) in [7, 11) is 2.07. The van der Waals surface area contributed by atoms with Gasteiger partial charge in [-0.15, -0.1) is 0 Å². The van der Waals surface area contributed by atoms with Gasteiger partial charge in [0.1, 0.15) is 5.82 Å². The zero-order chi connectivity index (χ0) is 16.1. The molecule has 0 aromatic carbocycles. The Morgan fingerprint density at radius 1 is 1.29 bits per heavy atom. The SMILES string of the molecule is CNC12CCC(C1)N(c1nccc(Nc3cc(C4CC4)[nH]n3)n1)C2. The van der Waals surface area contributed by atoms with Gasteiger partial charge in [-0.05, 0) is 45.2 Å². The van der Waals surface area contributed by atoms with Crippen LogP contribution in [0.25, 0.3) is 0 Å². The normalized spacial score (nSPS) is 28.5. The number of anilines is 3. The van der Waals surface area contributed by atoms with Crippen molar-refractivity contribution in [2.45, 2.75) is 49.6 Å². The first-order valence-electron chi connectivity index (χ1n) is 8.86. The first-order valence-corrected chi connectivity index (χ1v) is 8.86. The Kier molecular flexibility index (Phi) is 3.06. The summed E-state index contributed by atoms with van der Waals surface area (Å²) in [5.74, 6) is 3.12. The van der Waals surface area contributed by atoms with E-state index in [-0.39, 0.29) is 5.54 Å². The summed E-state index contributed by atoms with van der Waals surface area (Å²) < 4.78 is 0. The highest BCUT2D eigenvalue weighted by Gasteiger charge is 2.49. The molecule has 0 amide bonds. The van der Waals surface area contributed by atoms with Crippen LogP contribution in [0.1, 0.15) is 43.7 Å². The van der Waals surface area contributed by atoms with E-state index in [9.17, 15) is 0 Å². The van der Waals surface area contributed by atoms with Crippen LogP contribution in [0.3, 0.4) is 0 Å². The van der Waals surface area contributed by atoms with Gasteiger partial charge in [0.05, 0.1) is 0 Å². The summed E-state index contributed by atoms with van der Waals surface area (Å²) in [5.41, 5.74) is 1.47. The molecule has 126 valence electrons. The molecule has 2 aliphatic carbocycles. The van der Waals surface area contributed by atoms with Crippen molar-refractivity contribution in [3.05, 3.63) is 24.0 Å². The van der Waals surface area contributed by atoms with Crippen LogP contribution in [0.2, 0.25) is 0 Å². The first kappa shape index (κ1) is 14.2. The third kappa shape index (κ3) is 2.34. The van der Waals surface area contributed by atoms with Crippen molar-refractivity contribution in [3.63, 3.8) is 0 Å². The van der Waals surface area contributed by atoms with Gasteiger partial charge in [-0.2, -0.15) is 10.1 Å². The second-order valence-electron chi connectivity index (χ2n) is 7.40. The molecular formula is C17H23N7. The van der Waals surface area contributed by atoms with Gasteiger partial charge in [-0.1, -0.05) is 0 Å². The Labute approximate surface area is 141 Å². The van der Waals surface area contributed by atoms with Crippen molar-refractivity contribution < 1.29 is 0 Å². The fourth-order valence-electron chi connectivity index (χ4n) is 4.19. The van der Waals surface area contributed by atoms with Crippen molar-refractivity contribution in [2.24, 2.45) is 0 Å². The number of aromatic amines is 1. The van der Waals surface area contributed by atoms with Crippen LogP contribution in [-0.2, 0) is 0 Å². The van der Waals surface area contributed by atoms with E-state index in [1.54, 1.807) is 0 Å².